The summed E-state index contributed by atoms with van der Waals surface area (Å²) >= 11 is 0. The lowest BCUT2D eigenvalue weighted by molar-refractivity contribution is -0.118. The van der Waals surface area contributed by atoms with Crippen molar-refractivity contribution >= 4 is 27.3 Å². The molecule has 2 aromatic carbocycles. The molecule has 0 aliphatic carbocycles. The van der Waals surface area contributed by atoms with Crippen LogP contribution in [-0.4, -0.2) is 52.1 Å². The van der Waals surface area contributed by atoms with E-state index in [1.54, 1.807) is 42.5 Å². The number of hydrogen-bond acceptors (Lipinski definition) is 5. The van der Waals surface area contributed by atoms with Crippen molar-refractivity contribution in [2.45, 2.75) is 18.7 Å². The summed E-state index contributed by atoms with van der Waals surface area (Å²) in [5, 5.41) is 2.83. The maximum Gasteiger partial charge on any atom is 0.261 e. The molecule has 3 rings (SSSR count). The number of carbonyl (C=O) groups excluding carboxylic acids is 1. The summed E-state index contributed by atoms with van der Waals surface area (Å²) in [4.78, 5) is 14.4. The molecule has 1 aliphatic heterocycles. The molecule has 0 unspecified atom stereocenters. The van der Waals surface area contributed by atoms with Crippen LogP contribution >= 0.6 is 0 Å². The quantitative estimate of drug-likeness (QED) is 0.773. The van der Waals surface area contributed by atoms with Crippen molar-refractivity contribution in [1.82, 2.24) is 4.90 Å². The smallest absolute Gasteiger partial charge is 0.261 e. The topological polar surface area (TPSA) is 87.7 Å². The standard InChI is InChI=1S/C20H25N3O4S/c1-15-3-8-19(13-16(15)2)28(25,26)22-18-6-4-17(5-7-18)21-20(24)14-23-9-11-27-12-10-23/h3-8,13,22H,9-12,14H2,1-2H3,(H,21,24). The lowest BCUT2D eigenvalue weighted by Crippen LogP contribution is -2.41. The van der Waals surface area contributed by atoms with Crippen molar-refractivity contribution in [1.29, 1.82) is 0 Å². The van der Waals surface area contributed by atoms with E-state index in [9.17, 15) is 13.2 Å². The Morgan fingerprint density at radius 2 is 1.64 bits per heavy atom. The van der Waals surface area contributed by atoms with Gasteiger partial charge in [-0.3, -0.25) is 14.4 Å². The van der Waals surface area contributed by atoms with E-state index in [-0.39, 0.29) is 10.8 Å². The second-order valence-corrected chi connectivity index (χ2v) is 8.55. The highest BCUT2D eigenvalue weighted by atomic mass is 32.2. The molecule has 28 heavy (non-hydrogen) atoms. The number of nitrogens with one attached hydrogen (secondary N) is 2. The number of aryl methyl sites for hydroxylation is 2. The second kappa shape index (κ2) is 8.72. The van der Waals surface area contributed by atoms with Crippen molar-refractivity contribution in [3.63, 3.8) is 0 Å². The number of carbonyl (C=O) groups is 1. The van der Waals surface area contributed by atoms with Crippen LogP contribution in [0.5, 0.6) is 0 Å². The number of ether oxygens (including phenoxy) is 1. The van der Waals surface area contributed by atoms with E-state index < -0.39 is 10.0 Å². The zero-order valence-corrected chi connectivity index (χ0v) is 16.9. The number of nitrogens with zero attached hydrogens (tertiary/aromatic N) is 1. The van der Waals surface area contributed by atoms with Gasteiger partial charge in [0.15, 0.2) is 0 Å². The first-order valence-corrected chi connectivity index (χ1v) is 10.6. The molecule has 2 aromatic rings. The molecule has 1 fully saturated rings. The zero-order valence-electron chi connectivity index (χ0n) is 16.1. The lowest BCUT2D eigenvalue weighted by atomic mass is 10.1. The summed E-state index contributed by atoms with van der Waals surface area (Å²) in [5.74, 6) is -0.106. The third-order valence-corrected chi connectivity index (χ3v) is 6.06. The van der Waals surface area contributed by atoms with Gasteiger partial charge in [-0.15, -0.1) is 0 Å². The minimum absolute atomic E-state index is 0.106. The highest BCUT2D eigenvalue weighted by Gasteiger charge is 2.16. The van der Waals surface area contributed by atoms with Gasteiger partial charge in [0.1, 0.15) is 0 Å². The van der Waals surface area contributed by atoms with E-state index in [4.69, 9.17) is 4.74 Å². The van der Waals surface area contributed by atoms with Gasteiger partial charge in [0.2, 0.25) is 5.91 Å². The summed E-state index contributed by atoms with van der Waals surface area (Å²) in [6, 6.07) is 11.6. The van der Waals surface area contributed by atoms with Crippen LogP contribution in [-0.2, 0) is 19.6 Å². The Kier molecular flexibility index (Phi) is 6.33. The van der Waals surface area contributed by atoms with E-state index in [1.165, 1.54) is 0 Å². The SMILES string of the molecule is Cc1ccc(S(=O)(=O)Nc2ccc(NC(=O)CN3CCOCC3)cc2)cc1C. The maximum atomic E-state index is 12.6. The normalized spacial score (nSPS) is 15.2. The number of anilines is 2. The maximum absolute atomic E-state index is 12.6. The monoisotopic (exact) mass is 403 g/mol. The van der Waals surface area contributed by atoms with Crippen LogP contribution in [0.15, 0.2) is 47.4 Å². The molecule has 0 bridgehead atoms. The number of benzene rings is 2. The highest BCUT2D eigenvalue weighted by molar-refractivity contribution is 7.92. The van der Waals surface area contributed by atoms with E-state index in [0.29, 0.717) is 31.1 Å². The van der Waals surface area contributed by atoms with Crippen molar-refractivity contribution < 1.29 is 17.9 Å². The fourth-order valence-electron chi connectivity index (χ4n) is 2.88. The van der Waals surface area contributed by atoms with Crippen LogP contribution in [0.4, 0.5) is 11.4 Å². The number of sulfonamides is 1. The van der Waals surface area contributed by atoms with Crippen LogP contribution in [0, 0.1) is 13.8 Å². The first kappa shape index (κ1) is 20.3. The summed E-state index contributed by atoms with van der Waals surface area (Å²) < 4.78 is 32.9. The summed E-state index contributed by atoms with van der Waals surface area (Å²) in [7, 11) is -3.66. The number of rotatable bonds is 6. The van der Waals surface area contributed by atoms with Gasteiger partial charge in [-0.05, 0) is 61.4 Å². The molecular formula is C20H25N3O4S. The van der Waals surface area contributed by atoms with Crippen molar-refractivity contribution in [3.05, 3.63) is 53.6 Å². The Balaban J connectivity index is 1.60. The number of amides is 1. The van der Waals surface area contributed by atoms with Crippen molar-refractivity contribution in [3.8, 4) is 0 Å². The van der Waals surface area contributed by atoms with Gasteiger partial charge in [0, 0.05) is 24.5 Å². The minimum Gasteiger partial charge on any atom is -0.379 e. The molecule has 0 saturated carbocycles. The Labute approximate surface area is 165 Å². The molecule has 1 heterocycles. The first-order valence-electron chi connectivity index (χ1n) is 9.13. The van der Waals surface area contributed by atoms with Gasteiger partial charge in [0.05, 0.1) is 24.7 Å². The fourth-order valence-corrected chi connectivity index (χ4v) is 4.02. The summed E-state index contributed by atoms with van der Waals surface area (Å²) in [5.41, 5.74) is 3.01. The van der Waals surface area contributed by atoms with E-state index in [0.717, 1.165) is 24.2 Å². The molecule has 0 radical (unpaired) electrons. The molecule has 0 atom stereocenters. The molecule has 0 spiro atoms. The number of morpholine rings is 1. The van der Waals surface area contributed by atoms with Crippen LogP contribution in [0.2, 0.25) is 0 Å². The van der Waals surface area contributed by atoms with Gasteiger partial charge in [-0.25, -0.2) is 8.42 Å². The van der Waals surface area contributed by atoms with Crippen LogP contribution in [0.1, 0.15) is 11.1 Å². The molecule has 2 N–H and O–H groups in total. The molecule has 1 aliphatic rings. The summed E-state index contributed by atoms with van der Waals surface area (Å²) in [6.45, 7) is 6.89. The Bertz CT molecular complexity index is 936. The van der Waals surface area contributed by atoms with Gasteiger partial charge in [0.25, 0.3) is 10.0 Å². The average molecular weight is 404 g/mol. The van der Waals surface area contributed by atoms with Crippen LogP contribution in [0.3, 0.4) is 0 Å². The molecule has 1 amide bonds. The van der Waals surface area contributed by atoms with E-state index in [2.05, 4.69) is 10.0 Å². The predicted octanol–water partition coefficient (Wildman–Crippen LogP) is 2.37. The summed E-state index contributed by atoms with van der Waals surface area (Å²) in [6.07, 6.45) is 0. The van der Waals surface area contributed by atoms with E-state index >= 15 is 0 Å². The first-order chi connectivity index (χ1) is 13.3. The Morgan fingerprint density at radius 1 is 1.00 bits per heavy atom. The van der Waals surface area contributed by atoms with Gasteiger partial charge in [-0.1, -0.05) is 6.07 Å². The molecular weight excluding hydrogens is 378 g/mol. The average Bonchev–Trinajstić information content (AvgIpc) is 2.66. The third kappa shape index (κ3) is 5.31. The molecule has 7 nitrogen and oxygen atoms in total. The van der Waals surface area contributed by atoms with Crippen LogP contribution in [0.25, 0.3) is 0 Å². The second-order valence-electron chi connectivity index (χ2n) is 6.87. The van der Waals surface area contributed by atoms with Gasteiger partial charge < -0.3 is 10.1 Å². The van der Waals surface area contributed by atoms with E-state index in [1.807, 2.05) is 18.7 Å². The molecule has 8 heteroatoms. The van der Waals surface area contributed by atoms with Crippen molar-refractivity contribution in [2.24, 2.45) is 0 Å². The predicted molar refractivity (Wildman–Crippen MR) is 109 cm³/mol. The molecule has 150 valence electrons. The molecule has 1 saturated heterocycles. The lowest BCUT2D eigenvalue weighted by Gasteiger charge is -2.25. The number of hydrogen-bond donors (Lipinski definition) is 2. The van der Waals surface area contributed by atoms with Crippen LogP contribution < -0.4 is 10.0 Å². The minimum atomic E-state index is -3.66. The van der Waals surface area contributed by atoms with Gasteiger partial charge >= 0.3 is 0 Å². The van der Waals surface area contributed by atoms with Gasteiger partial charge in [-0.2, -0.15) is 0 Å². The third-order valence-electron chi connectivity index (χ3n) is 4.68. The molecule has 0 aromatic heterocycles. The highest BCUT2D eigenvalue weighted by Crippen LogP contribution is 2.20. The zero-order chi connectivity index (χ0) is 20.1. The largest absolute Gasteiger partial charge is 0.379 e. The van der Waals surface area contributed by atoms with Crippen molar-refractivity contribution in [2.75, 3.05) is 42.9 Å². The fraction of sp³-hybridized carbons (Fsp3) is 0.350. The Morgan fingerprint density at radius 3 is 2.29 bits per heavy atom. The Hall–Kier alpha value is -2.42.